The summed E-state index contributed by atoms with van der Waals surface area (Å²) in [6.07, 6.45) is 0.0761. The number of nitrogens with one attached hydrogen (secondary N) is 1. The summed E-state index contributed by atoms with van der Waals surface area (Å²) in [5.41, 5.74) is 0. The van der Waals surface area contributed by atoms with Crippen LogP contribution in [0.5, 0.6) is 5.75 Å². The van der Waals surface area contributed by atoms with E-state index in [4.69, 9.17) is 4.74 Å². The lowest BCUT2D eigenvalue weighted by Crippen LogP contribution is -2.50. The van der Waals surface area contributed by atoms with Crippen molar-refractivity contribution in [2.45, 2.75) is 37.5 Å². The molecule has 1 aromatic carbocycles. The van der Waals surface area contributed by atoms with Gasteiger partial charge in [-0.05, 0) is 24.3 Å². The number of amides is 2. The van der Waals surface area contributed by atoms with Crippen LogP contribution < -0.4 is 10.1 Å². The van der Waals surface area contributed by atoms with Gasteiger partial charge in [-0.3, -0.25) is 9.59 Å². The number of ether oxygens (including phenoxy) is 1. The van der Waals surface area contributed by atoms with E-state index in [0.717, 1.165) is 5.01 Å². The Bertz CT molecular complexity index is 1040. The van der Waals surface area contributed by atoms with Crippen LogP contribution in [0.4, 0.5) is 5.13 Å². The SMILES string of the molecule is COc1ccc(S(=O)(=O)N2CCN(C(=O)CCC(=O)Nc3nnc(C(C)C)s3)CC2)cc1. The van der Waals surface area contributed by atoms with Crippen LogP contribution in [-0.2, 0) is 19.6 Å². The molecule has 3 rings (SSSR count). The fourth-order valence-corrected chi connectivity index (χ4v) is 5.34. The van der Waals surface area contributed by atoms with Gasteiger partial charge in [-0.25, -0.2) is 8.42 Å². The molecule has 0 unspecified atom stereocenters. The third-order valence-corrected chi connectivity index (χ3v) is 8.09. The van der Waals surface area contributed by atoms with Crippen molar-refractivity contribution in [3.8, 4) is 5.75 Å². The van der Waals surface area contributed by atoms with Gasteiger partial charge in [0.05, 0.1) is 12.0 Å². The second-order valence-electron chi connectivity index (χ2n) is 7.61. The van der Waals surface area contributed by atoms with Crippen LogP contribution >= 0.6 is 11.3 Å². The number of hydrogen-bond donors (Lipinski definition) is 1. The second kappa shape index (κ2) is 10.4. The quantitative estimate of drug-likeness (QED) is 0.611. The van der Waals surface area contributed by atoms with Gasteiger partial charge in [0, 0.05) is 44.9 Å². The van der Waals surface area contributed by atoms with Gasteiger partial charge in [0.1, 0.15) is 10.8 Å². The third kappa shape index (κ3) is 5.81. The van der Waals surface area contributed by atoms with E-state index in [1.807, 2.05) is 13.8 Å². The molecular formula is C20H27N5O5S2. The summed E-state index contributed by atoms with van der Waals surface area (Å²) in [5, 5.41) is 11.9. The van der Waals surface area contributed by atoms with Crippen molar-refractivity contribution in [1.29, 1.82) is 0 Å². The van der Waals surface area contributed by atoms with E-state index < -0.39 is 10.0 Å². The molecule has 2 aromatic rings. The van der Waals surface area contributed by atoms with Crippen LogP contribution in [-0.4, -0.2) is 72.9 Å². The lowest BCUT2D eigenvalue weighted by molar-refractivity contribution is -0.133. The Morgan fingerprint density at radius 1 is 1.09 bits per heavy atom. The standard InChI is InChI=1S/C20H27N5O5S2/c1-14(2)19-22-23-20(31-19)21-17(26)8-9-18(27)24-10-12-25(13-11-24)32(28,29)16-6-4-15(30-3)5-7-16/h4-7,14H,8-13H2,1-3H3,(H,21,23,26). The molecule has 32 heavy (non-hydrogen) atoms. The van der Waals surface area contributed by atoms with Crippen LogP contribution in [0.3, 0.4) is 0 Å². The minimum absolute atomic E-state index is 0.0276. The average molecular weight is 482 g/mol. The molecule has 1 aromatic heterocycles. The number of carbonyl (C=O) groups is 2. The van der Waals surface area contributed by atoms with Crippen molar-refractivity contribution in [1.82, 2.24) is 19.4 Å². The molecule has 2 amide bonds. The fraction of sp³-hybridized carbons (Fsp3) is 0.500. The molecule has 174 valence electrons. The van der Waals surface area contributed by atoms with Gasteiger partial charge in [-0.2, -0.15) is 4.31 Å². The number of methoxy groups -OCH3 is 1. The van der Waals surface area contributed by atoms with Crippen LogP contribution in [0, 0.1) is 0 Å². The Kier molecular flexibility index (Phi) is 7.80. The maximum absolute atomic E-state index is 12.8. The molecule has 10 nitrogen and oxygen atoms in total. The first-order valence-corrected chi connectivity index (χ1v) is 12.5. The number of rotatable bonds is 8. The predicted octanol–water partition coefficient (Wildman–Crippen LogP) is 1.92. The number of aromatic nitrogens is 2. The van der Waals surface area contributed by atoms with Crippen molar-refractivity contribution >= 4 is 38.3 Å². The van der Waals surface area contributed by atoms with Crippen molar-refractivity contribution in [2.24, 2.45) is 0 Å². The van der Waals surface area contributed by atoms with Crippen LogP contribution in [0.2, 0.25) is 0 Å². The molecule has 0 bridgehead atoms. The number of anilines is 1. The highest BCUT2D eigenvalue weighted by Gasteiger charge is 2.30. The first-order chi connectivity index (χ1) is 15.2. The molecule has 0 radical (unpaired) electrons. The summed E-state index contributed by atoms with van der Waals surface area (Å²) in [5.74, 6) is 0.328. The maximum atomic E-state index is 12.8. The van der Waals surface area contributed by atoms with Crippen molar-refractivity contribution in [2.75, 3.05) is 38.6 Å². The monoisotopic (exact) mass is 481 g/mol. The highest BCUT2D eigenvalue weighted by molar-refractivity contribution is 7.89. The highest BCUT2D eigenvalue weighted by atomic mass is 32.2. The van der Waals surface area contributed by atoms with Crippen LogP contribution in [0.1, 0.15) is 37.6 Å². The van der Waals surface area contributed by atoms with E-state index in [2.05, 4.69) is 15.5 Å². The zero-order valence-electron chi connectivity index (χ0n) is 18.3. The Hall–Kier alpha value is -2.57. The minimum atomic E-state index is -3.64. The Morgan fingerprint density at radius 2 is 1.75 bits per heavy atom. The number of benzene rings is 1. The lowest BCUT2D eigenvalue weighted by atomic mass is 10.2. The van der Waals surface area contributed by atoms with Gasteiger partial charge in [0.2, 0.25) is 27.0 Å². The highest BCUT2D eigenvalue weighted by Crippen LogP contribution is 2.23. The van der Waals surface area contributed by atoms with Gasteiger partial charge in [-0.1, -0.05) is 25.2 Å². The third-order valence-electron chi connectivity index (χ3n) is 5.04. The maximum Gasteiger partial charge on any atom is 0.243 e. The number of nitrogens with zero attached hydrogens (tertiary/aromatic N) is 4. The second-order valence-corrected chi connectivity index (χ2v) is 10.6. The molecule has 0 spiro atoms. The molecule has 1 fully saturated rings. The largest absolute Gasteiger partial charge is 0.497 e. The topological polar surface area (TPSA) is 122 Å². The predicted molar refractivity (Wildman–Crippen MR) is 120 cm³/mol. The molecule has 1 N–H and O–H groups in total. The molecule has 0 atom stereocenters. The molecule has 0 aliphatic carbocycles. The molecule has 1 saturated heterocycles. The average Bonchev–Trinajstić information content (AvgIpc) is 3.26. The number of carbonyl (C=O) groups excluding carboxylic acids is 2. The normalized spacial score (nSPS) is 15.1. The summed E-state index contributed by atoms with van der Waals surface area (Å²) in [4.78, 5) is 26.4. The summed E-state index contributed by atoms with van der Waals surface area (Å²) in [7, 11) is -2.12. The molecule has 1 aliphatic rings. The van der Waals surface area contributed by atoms with Gasteiger partial charge in [0.15, 0.2) is 0 Å². The van der Waals surface area contributed by atoms with Gasteiger partial charge in [-0.15, -0.1) is 10.2 Å². The van der Waals surface area contributed by atoms with E-state index in [1.165, 1.54) is 34.9 Å². The van der Waals surface area contributed by atoms with Gasteiger partial charge >= 0.3 is 0 Å². The number of sulfonamides is 1. The Morgan fingerprint density at radius 3 is 2.31 bits per heavy atom. The van der Waals surface area contributed by atoms with Crippen LogP contribution in [0.25, 0.3) is 0 Å². The van der Waals surface area contributed by atoms with Crippen molar-refractivity contribution < 1.29 is 22.7 Å². The van der Waals surface area contributed by atoms with E-state index >= 15 is 0 Å². The molecule has 12 heteroatoms. The Balaban J connectivity index is 1.46. The van der Waals surface area contributed by atoms with Crippen LogP contribution in [0.15, 0.2) is 29.2 Å². The first kappa shape index (κ1) is 24.1. The Labute approximate surface area is 191 Å². The van der Waals surface area contributed by atoms with E-state index in [-0.39, 0.29) is 61.6 Å². The molecule has 0 saturated carbocycles. The summed E-state index contributed by atoms with van der Waals surface area (Å²) < 4.78 is 32.1. The van der Waals surface area contributed by atoms with Crippen molar-refractivity contribution in [3.05, 3.63) is 29.3 Å². The number of piperazine rings is 1. The van der Waals surface area contributed by atoms with E-state index in [0.29, 0.717) is 10.9 Å². The zero-order chi connectivity index (χ0) is 23.3. The number of hydrogen-bond acceptors (Lipinski definition) is 8. The van der Waals surface area contributed by atoms with E-state index in [1.54, 1.807) is 17.0 Å². The molecule has 2 heterocycles. The van der Waals surface area contributed by atoms with E-state index in [9.17, 15) is 18.0 Å². The molecule has 1 aliphatic heterocycles. The van der Waals surface area contributed by atoms with Gasteiger partial charge in [0.25, 0.3) is 0 Å². The first-order valence-electron chi connectivity index (χ1n) is 10.3. The van der Waals surface area contributed by atoms with Crippen molar-refractivity contribution in [3.63, 3.8) is 0 Å². The summed E-state index contributed by atoms with van der Waals surface area (Å²) in [6.45, 7) is 4.96. The minimum Gasteiger partial charge on any atom is -0.497 e. The zero-order valence-corrected chi connectivity index (χ0v) is 19.9. The fourth-order valence-electron chi connectivity index (χ4n) is 3.15. The smallest absolute Gasteiger partial charge is 0.243 e. The molecular weight excluding hydrogens is 454 g/mol. The summed E-state index contributed by atoms with van der Waals surface area (Å²) >= 11 is 1.32. The lowest BCUT2D eigenvalue weighted by Gasteiger charge is -2.34. The van der Waals surface area contributed by atoms with Gasteiger partial charge < -0.3 is 15.0 Å². The summed E-state index contributed by atoms with van der Waals surface area (Å²) in [6, 6.07) is 6.21.